The third-order valence-corrected chi connectivity index (χ3v) is 4.60. The number of carbonyl (C=O) groups is 1. The summed E-state index contributed by atoms with van der Waals surface area (Å²) < 4.78 is 12.8. The fourth-order valence-electron chi connectivity index (χ4n) is 2.80. The van der Waals surface area contributed by atoms with Gasteiger partial charge >= 0.3 is 0 Å². The lowest BCUT2D eigenvalue weighted by molar-refractivity contribution is 0.0994. The zero-order valence-electron chi connectivity index (χ0n) is 15.7. The average molecular weight is 421 g/mol. The molecule has 30 heavy (non-hydrogen) atoms. The van der Waals surface area contributed by atoms with Gasteiger partial charge in [-0.1, -0.05) is 29.8 Å². The van der Waals surface area contributed by atoms with Crippen LogP contribution in [0.5, 0.6) is 11.5 Å². The molecule has 4 rings (SSSR count). The molecule has 2 aromatic heterocycles. The minimum absolute atomic E-state index is 0.140. The molecule has 0 atom stereocenters. The van der Waals surface area contributed by atoms with Crippen LogP contribution in [0.2, 0.25) is 5.02 Å². The second-order valence-electron chi connectivity index (χ2n) is 6.44. The van der Waals surface area contributed by atoms with Crippen molar-refractivity contribution in [3.63, 3.8) is 0 Å². The fraction of sp³-hybridized carbons (Fsp3) is 0.0435. The number of anilines is 1. The molecule has 0 radical (unpaired) electrons. The number of carbonyl (C=O) groups excluding carboxylic acids is 1. The van der Waals surface area contributed by atoms with Crippen LogP contribution in [-0.2, 0) is 6.54 Å². The first-order valence-electron chi connectivity index (χ1n) is 9.16. The van der Waals surface area contributed by atoms with Crippen molar-refractivity contribution in [2.24, 2.45) is 0 Å². The van der Waals surface area contributed by atoms with Gasteiger partial charge in [0.25, 0.3) is 11.5 Å². The van der Waals surface area contributed by atoms with Gasteiger partial charge in [-0.2, -0.15) is 0 Å². The van der Waals surface area contributed by atoms with Crippen molar-refractivity contribution < 1.29 is 13.9 Å². The maximum atomic E-state index is 12.4. The smallest absolute Gasteiger partial charge is 0.291 e. The van der Waals surface area contributed by atoms with Gasteiger partial charge in [0.1, 0.15) is 17.3 Å². The molecule has 0 saturated carbocycles. The molecule has 0 aliphatic carbocycles. The van der Waals surface area contributed by atoms with Gasteiger partial charge < -0.3 is 19.0 Å². The van der Waals surface area contributed by atoms with Gasteiger partial charge in [-0.3, -0.25) is 9.59 Å². The second kappa shape index (κ2) is 8.71. The minimum atomic E-state index is -0.388. The first-order chi connectivity index (χ1) is 14.6. The Kier molecular flexibility index (Phi) is 5.68. The Balaban J connectivity index is 1.39. The van der Waals surface area contributed by atoms with Crippen molar-refractivity contribution in [1.82, 2.24) is 4.57 Å². The third kappa shape index (κ3) is 4.61. The predicted octanol–water partition coefficient (Wildman–Crippen LogP) is 5.19. The molecule has 0 saturated heterocycles. The lowest BCUT2D eigenvalue weighted by atomic mass is 10.3. The maximum Gasteiger partial charge on any atom is 0.291 e. The van der Waals surface area contributed by atoms with E-state index < -0.39 is 0 Å². The van der Waals surface area contributed by atoms with Crippen LogP contribution in [0.4, 0.5) is 5.69 Å². The van der Waals surface area contributed by atoms with E-state index in [0.717, 1.165) is 0 Å². The monoisotopic (exact) mass is 420 g/mol. The van der Waals surface area contributed by atoms with Crippen LogP contribution in [0.25, 0.3) is 0 Å². The summed E-state index contributed by atoms with van der Waals surface area (Å²) >= 11 is 6.09. The van der Waals surface area contributed by atoms with Crippen molar-refractivity contribution >= 4 is 23.2 Å². The van der Waals surface area contributed by atoms with E-state index in [2.05, 4.69) is 5.32 Å². The van der Waals surface area contributed by atoms with Gasteiger partial charge in [-0.15, -0.1) is 0 Å². The second-order valence-corrected chi connectivity index (χ2v) is 6.85. The molecular weight excluding hydrogens is 404 g/mol. The van der Waals surface area contributed by atoms with Crippen molar-refractivity contribution in [2.45, 2.75) is 6.54 Å². The van der Waals surface area contributed by atoms with Gasteiger partial charge in [-0.25, -0.2) is 0 Å². The maximum absolute atomic E-state index is 12.4. The van der Waals surface area contributed by atoms with Crippen LogP contribution in [0, 0.1) is 0 Å². The van der Waals surface area contributed by atoms with Crippen LogP contribution in [0.15, 0.2) is 94.3 Å². The number of furan rings is 1. The first-order valence-corrected chi connectivity index (χ1v) is 9.54. The van der Waals surface area contributed by atoms with Crippen LogP contribution in [0.3, 0.4) is 0 Å². The molecule has 7 heteroatoms. The zero-order chi connectivity index (χ0) is 20.9. The Morgan fingerprint density at radius 3 is 2.50 bits per heavy atom. The van der Waals surface area contributed by atoms with Crippen molar-refractivity contribution in [1.29, 1.82) is 0 Å². The molecular formula is C23H17ClN2O4. The van der Waals surface area contributed by atoms with E-state index in [0.29, 0.717) is 28.0 Å². The summed E-state index contributed by atoms with van der Waals surface area (Å²) in [4.78, 5) is 24.2. The summed E-state index contributed by atoms with van der Waals surface area (Å²) in [6.07, 6.45) is 1.66. The minimum Gasteiger partial charge on any atom is -0.456 e. The lowest BCUT2D eigenvalue weighted by Gasteiger charge is -2.08. The summed E-state index contributed by atoms with van der Waals surface area (Å²) in [7, 11) is 0. The highest BCUT2D eigenvalue weighted by Crippen LogP contribution is 2.29. The highest BCUT2D eigenvalue weighted by Gasteiger charge is 2.12. The summed E-state index contributed by atoms with van der Waals surface area (Å²) in [5.74, 6) is 1.43. The molecule has 0 unspecified atom stereocenters. The van der Waals surface area contributed by atoms with Crippen LogP contribution < -0.4 is 15.6 Å². The number of nitrogens with zero attached hydrogens (tertiary/aromatic N) is 1. The number of amides is 1. The van der Waals surface area contributed by atoms with Crippen LogP contribution in [0.1, 0.15) is 16.3 Å². The van der Waals surface area contributed by atoms with Gasteiger partial charge in [0.2, 0.25) is 0 Å². The summed E-state index contributed by atoms with van der Waals surface area (Å²) in [6, 6.07) is 22.2. The highest BCUT2D eigenvalue weighted by atomic mass is 35.5. The van der Waals surface area contributed by atoms with E-state index in [1.54, 1.807) is 66.9 Å². The molecule has 0 fully saturated rings. The number of pyridine rings is 1. The first kappa shape index (κ1) is 19.5. The number of nitrogens with one attached hydrogen (secondary N) is 1. The summed E-state index contributed by atoms with van der Waals surface area (Å²) in [5.41, 5.74) is 0.447. The molecule has 0 bridgehead atoms. The molecule has 0 aliphatic rings. The molecule has 2 aromatic carbocycles. The molecule has 0 aliphatic heterocycles. The number of hydrogen-bond donors (Lipinski definition) is 1. The van der Waals surface area contributed by atoms with Crippen LogP contribution >= 0.6 is 11.6 Å². The number of para-hydroxylation sites is 1. The number of ether oxygens (including phenoxy) is 1. The van der Waals surface area contributed by atoms with Crippen molar-refractivity contribution in [2.75, 3.05) is 5.32 Å². The van der Waals surface area contributed by atoms with E-state index in [1.165, 1.54) is 10.6 Å². The molecule has 0 spiro atoms. The Morgan fingerprint density at radius 2 is 1.73 bits per heavy atom. The number of aromatic nitrogens is 1. The van der Waals surface area contributed by atoms with E-state index in [1.807, 2.05) is 12.1 Å². The molecule has 1 N–H and O–H groups in total. The summed E-state index contributed by atoms with van der Waals surface area (Å²) in [5, 5.41) is 3.28. The fourth-order valence-corrected chi connectivity index (χ4v) is 2.97. The topological polar surface area (TPSA) is 73.5 Å². The highest BCUT2D eigenvalue weighted by molar-refractivity contribution is 6.32. The number of halogens is 1. The Morgan fingerprint density at radius 1 is 0.967 bits per heavy atom. The SMILES string of the molecule is O=C(Nc1ccc(Oc2ccccc2Cl)cc1)c1ccc(Cn2ccccc2=O)o1. The average Bonchev–Trinajstić information content (AvgIpc) is 3.22. The summed E-state index contributed by atoms with van der Waals surface area (Å²) in [6.45, 7) is 0.251. The normalized spacial score (nSPS) is 10.6. The van der Waals surface area contributed by atoms with Crippen molar-refractivity contribution in [3.05, 3.63) is 112 Å². The Labute approximate surface area is 177 Å². The lowest BCUT2D eigenvalue weighted by Crippen LogP contribution is -2.18. The van der Waals surface area contributed by atoms with Gasteiger partial charge in [0, 0.05) is 18.0 Å². The quantitative estimate of drug-likeness (QED) is 0.466. The van der Waals surface area contributed by atoms with E-state index in [-0.39, 0.29) is 23.8 Å². The number of rotatable bonds is 6. The Bertz CT molecular complexity index is 1230. The molecule has 6 nitrogen and oxygen atoms in total. The molecule has 1 amide bonds. The molecule has 2 heterocycles. The van der Waals surface area contributed by atoms with Gasteiger partial charge in [0.15, 0.2) is 5.76 Å². The molecule has 4 aromatic rings. The molecule has 150 valence electrons. The zero-order valence-corrected chi connectivity index (χ0v) is 16.5. The number of hydrogen-bond acceptors (Lipinski definition) is 4. The van der Waals surface area contributed by atoms with Crippen molar-refractivity contribution in [3.8, 4) is 11.5 Å². The largest absolute Gasteiger partial charge is 0.456 e. The van der Waals surface area contributed by atoms with Crippen LogP contribution in [-0.4, -0.2) is 10.5 Å². The van der Waals surface area contributed by atoms with E-state index in [4.69, 9.17) is 20.8 Å². The Hall–Kier alpha value is -3.77. The predicted molar refractivity (Wildman–Crippen MR) is 114 cm³/mol. The van der Waals surface area contributed by atoms with Gasteiger partial charge in [-0.05, 0) is 54.6 Å². The van der Waals surface area contributed by atoms with E-state index >= 15 is 0 Å². The third-order valence-electron chi connectivity index (χ3n) is 4.29. The van der Waals surface area contributed by atoms with Gasteiger partial charge in [0.05, 0.1) is 11.6 Å². The standard InChI is InChI=1S/C23H17ClN2O4/c24-19-5-1-2-6-20(19)29-17-10-8-16(9-11-17)25-23(28)21-13-12-18(30-21)15-26-14-4-3-7-22(26)27/h1-14H,15H2,(H,25,28). The van der Waals surface area contributed by atoms with E-state index in [9.17, 15) is 9.59 Å². The number of benzene rings is 2.